The van der Waals surface area contributed by atoms with Crippen LogP contribution >= 0.6 is 0 Å². The topological polar surface area (TPSA) is 104 Å². The maximum Gasteiger partial charge on any atom is 0.325 e. The van der Waals surface area contributed by atoms with Crippen molar-refractivity contribution in [2.24, 2.45) is 5.73 Å². The van der Waals surface area contributed by atoms with Gasteiger partial charge in [0.25, 0.3) is 0 Å². The van der Waals surface area contributed by atoms with E-state index in [1.165, 1.54) is 4.90 Å². The van der Waals surface area contributed by atoms with Crippen molar-refractivity contribution >= 4 is 11.9 Å². The number of carbonyl (C=O) groups is 2. The molecule has 4 N–H and O–H groups in total. The highest BCUT2D eigenvalue weighted by Gasteiger charge is 2.47. The predicted octanol–water partition coefficient (Wildman–Crippen LogP) is -1.44. The molecular formula is C7H12N2O4. The summed E-state index contributed by atoms with van der Waals surface area (Å²) in [5.74, 6) is -2.18. The summed E-state index contributed by atoms with van der Waals surface area (Å²) in [6, 6.07) is -0.791. The Morgan fingerprint density at radius 3 is 2.31 bits per heavy atom. The molecule has 2 atom stereocenters. The number of carboxylic acid groups (broad SMARTS) is 2. The van der Waals surface area contributed by atoms with Crippen LogP contribution in [0.25, 0.3) is 0 Å². The minimum atomic E-state index is -1.42. The van der Waals surface area contributed by atoms with Gasteiger partial charge in [0.2, 0.25) is 0 Å². The summed E-state index contributed by atoms with van der Waals surface area (Å²) in [7, 11) is 1.55. The second-order valence-corrected chi connectivity index (χ2v) is 3.43. The lowest BCUT2D eigenvalue weighted by molar-refractivity contribution is -0.142. The highest BCUT2D eigenvalue weighted by molar-refractivity contribution is 5.83. The van der Waals surface area contributed by atoms with Crippen molar-refractivity contribution in [2.45, 2.75) is 18.0 Å². The van der Waals surface area contributed by atoms with E-state index >= 15 is 0 Å². The van der Waals surface area contributed by atoms with Crippen molar-refractivity contribution in [3.63, 3.8) is 0 Å². The third kappa shape index (κ3) is 1.63. The summed E-state index contributed by atoms with van der Waals surface area (Å²) >= 11 is 0. The molecule has 0 aliphatic carbocycles. The van der Waals surface area contributed by atoms with Crippen LogP contribution in [0.3, 0.4) is 0 Å². The Bertz CT molecular complexity index is 255. The molecule has 1 saturated heterocycles. The van der Waals surface area contributed by atoms with Crippen molar-refractivity contribution in [3.8, 4) is 0 Å². The fraction of sp³-hybridized carbons (Fsp3) is 0.714. The Morgan fingerprint density at radius 1 is 1.54 bits per heavy atom. The van der Waals surface area contributed by atoms with Crippen molar-refractivity contribution in [3.05, 3.63) is 0 Å². The van der Waals surface area contributed by atoms with Crippen molar-refractivity contribution < 1.29 is 19.8 Å². The Labute approximate surface area is 74.9 Å². The largest absolute Gasteiger partial charge is 0.480 e. The second-order valence-electron chi connectivity index (χ2n) is 3.43. The molecule has 0 aromatic heterocycles. The first-order valence-corrected chi connectivity index (χ1v) is 3.82. The summed E-state index contributed by atoms with van der Waals surface area (Å²) < 4.78 is 0. The Balaban J connectivity index is 2.80. The Hall–Kier alpha value is -1.14. The van der Waals surface area contributed by atoms with Crippen LogP contribution in [-0.4, -0.2) is 52.2 Å². The lowest BCUT2D eigenvalue weighted by Crippen LogP contribution is -2.49. The van der Waals surface area contributed by atoms with Gasteiger partial charge in [0.15, 0.2) is 0 Å². The quantitative estimate of drug-likeness (QED) is 0.490. The number of likely N-dealkylation sites (N-methyl/N-ethyl adjacent to an activating group) is 1. The minimum absolute atomic E-state index is 0.0475. The molecule has 0 aromatic rings. The predicted molar refractivity (Wildman–Crippen MR) is 43.2 cm³/mol. The molecular weight excluding hydrogens is 176 g/mol. The van der Waals surface area contributed by atoms with Gasteiger partial charge < -0.3 is 15.9 Å². The van der Waals surface area contributed by atoms with Gasteiger partial charge in [-0.15, -0.1) is 0 Å². The first kappa shape index (κ1) is 9.94. The highest BCUT2D eigenvalue weighted by atomic mass is 16.4. The molecule has 1 heterocycles. The number of aliphatic carboxylic acids is 2. The zero-order chi connectivity index (χ0) is 10.2. The molecule has 74 valence electrons. The van der Waals surface area contributed by atoms with E-state index in [2.05, 4.69) is 0 Å². The monoisotopic (exact) mass is 188 g/mol. The SMILES string of the molecule is CN1CC(N)(C(=O)O)C[C@@H]1C(=O)O. The van der Waals surface area contributed by atoms with Crippen LogP contribution in [-0.2, 0) is 9.59 Å². The van der Waals surface area contributed by atoms with Gasteiger partial charge in [-0.2, -0.15) is 0 Å². The van der Waals surface area contributed by atoms with Crippen LogP contribution in [0.1, 0.15) is 6.42 Å². The Morgan fingerprint density at radius 2 is 2.08 bits per heavy atom. The number of carboxylic acids is 2. The molecule has 0 saturated carbocycles. The normalized spacial score (nSPS) is 34.8. The van der Waals surface area contributed by atoms with E-state index in [1.54, 1.807) is 7.05 Å². The first-order chi connectivity index (χ1) is 5.87. The first-order valence-electron chi connectivity index (χ1n) is 3.82. The molecule has 1 rings (SSSR count). The number of rotatable bonds is 2. The van der Waals surface area contributed by atoms with Gasteiger partial charge in [0, 0.05) is 13.0 Å². The maximum absolute atomic E-state index is 10.7. The smallest absolute Gasteiger partial charge is 0.325 e. The molecule has 0 aromatic carbocycles. The van der Waals surface area contributed by atoms with Crippen molar-refractivity contribution in [1.82, 2.24) is 4.90 Å². The van der Waals surface area contributed by atoms with Gasteiger partial charge in [-0.05, 0) is 7.05 Å². The van der Waals surface area contributed by atoms with E-state index in [0.29, 0.717) is 0 Å². The van der Waals surface area contributed by atoms with E-state index in [-0.39, 0.29) is 13.0 Å². The minimum Gasteiger partial charge on any atom is -0.480 e. The zero-order valence-electron chi connectivity index (χ0n) is 7.23. The van der Waals surface area contributed by atoms with E-state index in [4.69, 9.17) is 15.9 Å². The lowest BCUT2D eigenvalue weighted by Gasteiger charge is -2.16. The molecule has 6 nitrogen and oxygen atoms in total. The molecule has 1 unspecified atom stereocenters. The van der Waals surface area contributed by atoms with Gasteiger partial charge >= 0.3 is 11.9 Å². The zero-order valence-corrected chi connectivity index (χ0v) is 7.23. The molecule has 13 heavy (non-hydrogen) atoms. The number of hydrogen-bond donors (Lipinski definition) is 3. The highest BCUT2D eigenvalue weighted by Crippen LogP contribution is 2.23. The number of nitrogens with zero attached hydrogens (tertiary/aromatic N) is 1. The van der Waals surface area contributed by atoms with Crippen LogP contribution in [0.4, 0.5) is 0 Å². The van der Waals surface area contributed by atoms with Crippen LogP contribution in [0.5, 0.6) is 0 Å². The van der Waals surface area contributed by atoms with E-state index in [1.807, 2.05) is 0 Å². The molecule has 1 aliphatic heterocycles. The standard InChI is InChI=1S/C7H12N2O4/c1-9-3-7(8,6(12)13)2-4(9)5(10)11/h4H,2-3,8H2,1H3,(H,10,11)(H,12,13)/t4-,7?/m1/s1. The molecule has 6 heteroatoms. The van der Waals surface area contributed by atoms with Crippen LogP contribution in [0.15, 0.2) is 0 Å². The summed E-state index contributed by atoms with van der Waals surface area (Å²) in [5.41, 5.74) is 4.10. The maximum atomic E-state index is 10.7. The van der Waals surface area contributed by atoms with Gasteiger partial charge in [-0.3, -0.25) is 14.5 Å². The fourth-order valence-electron chi connectivity index (χ4n) is 1.55. The average molecular weight is 188 g/mol. The van der Waals surface area contributed by atoms with Crippen LogP contribution in [0, 0.1) is 0 Å². The Kier molecular flexibility index (Phi) is 2.27. The second kappa shape index (κ2) is 2.97. The van der Waals surface area contributed by atoms with E-state index in [0.717, 1.165) is 0 Å². The average Bonchev–Trinajstić information content (AvgIpc) is 2.28. The van der Waals surface area contributed by atoms with E-state index in [9.17, 15) is 9.59 Å². The van der Waals surface area contributed by atoms with E-state index < -0.39 is 23.5 Å². The fourth-order valence-corrected chi connectivity index (χ4v) is 1.55. The molecule has 1 aliphatic rings. The van der Waals surface area contributed by atoms with Crippen molar-refractivity contribution in [2.75, 3.05) is 13.6 Å². The molecule has 0 spiro atoms. The molecule has 0 radical (unpaired) electrons. The lowest BCUT2D eigenvalue weighted by atomic mass is 9.98. The summed E-state index contributed by atoms with van der Waals surface area (Å²) in [6.07, 6.45) is -0.0475. The number of likely N-dealkylation sites (tertiary alicyclic amines) is 1. The summed E-state index contributed by atoms with van der Waals surface area (Å²) in [6.45, 7) is 0.0688. The number of hydrogen-bond acceptors (Lipinski definition) is 4. The van der Waals surface area contributed by atoms with Crippen LogP contribution in [0.2, 0.25) is 0 Å². The molecule has 0 bridgehead atoms. The third-order valence-corrected chi connectivity index (χ3v) is 2.33. The summed E-state index contributed by atoms with van der Waals surface area (Å²) in [4.78, 5) is 22.8. The van der Waals surface area contributed by atoms with Crippen LogP contribution < -0.4 is 5.73 Å². The third-order valence-electron chi connectivity index (χ3n) is 2.33. The van der Waals surface area contributed by atoms with Gasteiger partial charge in [0.1, 0.15) is 11.6 Å². The van der Waals surface area contributed by atoms with Gasteiger partial charge in [-0.1, -0.05) is 0 Å². The van der Waals surface area contributed by atoms with Crippen molar-refractivity contribution in [1.29, 1.82) is 0 Å². The molecule has 0 amide bonds. The van der Waals surface area contributed by atoms with Gasteiger partial charge in [0.05, 0.1) is 0 Å². The number of nitrogens with two attached hydrogens (primary N) is 1. The van der Waals surface area contributed by atoms with Gasteiger partial charge in [-0.25, -0.2) is 0 Å². The summed E-state index contributed by atoms with van der Waals surface area (Å²) in [5, 5.41) is 17.5. The molecule has 1 fully saturated rings.